The molecule has 1 saturated heterocycles. The van der Waals surface area contributed by atoms with Crippen LogP contribution in [0, 0.1) is 5.92 Å². The summed E-state index contributed by atoms with van der Waals surface area (Å²) in [4.78, 5) is 16.0. The van der Waals surface area contributed by atoms with Gasteiger partial charge in [-0.05, 0) is 82.4 Å². The number of likely N-dealkylation sites (tertiary alicyclic amines) is 1. The Bertz CT molecular complexity index is 653. The second-order valence-electron chi connectivity index (χ2n) is 9.09. The van der Waals surface area contributed by atoms with E-state index in [4.69, 9.17) is 0 Å². The highest BCUT2D eigenvalue weighted by Gasteiger charge is 2.40. The number of hydrogen-bond acceptors (Lipinski definition) is 2. The molecule has 0 bridgehead atoms. The molecule has 0 spiro atoms. The standard InChI is InChI=1S/C23H34N2O/c1-17(19-10-7-15-25(16-19)20-11-5-12-20)24-22(26)23(2)14-6-9-18-8-3-4-13-21(18)23/h3-4,8,13,17,19-20H,5-7,9-12,14-16H2,1-2H3,(H,24,26). The van der Waals surface area contributed by atoms with Crippen molar-refractivity contribution in [1.29, 1.82) is 0 Å². The van der Waals surface area contributed by atoms with Crippen LogP contribution in [-0.4, -0.2) is 36.0 Å². The van der Waals surface area contributed by atoms with Crippen LogP contribution in [0.1, 0.15) is 69.9 Å². The molecule has 1 heterocycles. The zero-order valence-electron chi connectivity index (χ0n) is 16.5. The summed E-state index contributed by atoms with van der Waals surface area (Å²) in [5.41, 5.74) is 2.24. The highest BCUT2D eigenvalue weighted by atomic mass is 16.2. The van der Waals surface area contributed by atoms with Crippen LogP contribution in [0.5, 0.6) is 0 Å². The lowest BCUT2D eigenvalue weighted by Gasteiger charge is -2.44. The molecule has 2 aliphatic carbocycles. The van der Waals surface area contributed by atoms with Crippen molar-refractivity contribution in [1.82, 2.24) is 10.2 Å². The summed E-state index contributed by atoms with van der Waals surface area (Å²) in [5, 5.41) is 3.43. The number of fused-ring (bicyclic) bond motifs is 1. The zero-order chi connectivity index (χ0) is 18.1. The van der Waals surface area contributed by atoms with Crippen LogP contribution in [0.2, 0.25) is 0 Å². The summed E-state index contributed by atoms with van der Waals surface area (Å²) in [5.74, 6) is 0.827. The Morgan fingerprint density at radius 3 is 2.77 bits per heavy atom. The molecule has 3 nitrogen and oxygen atoms in total. The van der Waals surface area contributed by atoms with Crippen molar-refractivity contribution in [3.63, 3.8) is 0 Å². The molecule has 3 atom stereocenters. The van der Waals surface area contributed by atoms with Gasteiger partial charge in [0.15, 0.2) is 0 Å². The molecule has 1 aromatic rings. The van der Waals surface area contributed by atoms with E-state index in [2.05, 4.69) is 48.3 Å². The Hall–Kier alpha value is -1.35. The maximum Gasteiger partial charge on any atom is 0.230 e. The van der Waals surface area contributed by atoms with Crippen molar-refractivity contribution in [3.05, 3.63) is 35.4 Å². The number of nitrogens with one attached hydrogen (secondary N) is 1. The molecule has 26 heavy (non-hydrogen) atoms. The number of carbonyl (C=O) groups excluding carboxylic acids is 1. The van der Waals surface area contributed by atoms with Gasteiger partial charge in [-0.25, -0.2) is 0 Å². The van der Waals surface area contributed by atoms with Gasteiger partial charge in [-0.2, -0.15) is 0 Å². The summed E-state index contributed by atoms with van der Waals surface area (Å²) >= 11 is 0. The first kappa shape index (κ1) is 18.0. The molecule has 1 amide bonds. The van der Waals surface area contributed by atoms with Crippen molar-refractivity contribution < 1.29 is 4.79 Å². The largest absolute Gasteiger partial charge is 0.353 e. The molecular formula is C23H34N2O. The van der Waals surface area contributed by atoms with Crippen LogP contribution in [-0.2, 0) is 16.6 Å². The molecule has 0 aromatic heterocycles. The van der Waals surface area contributed by atoms with Gasteiger partial charge in [0.25, 0.3) is 0 Å². The molecule has 3 aliphatic rings. The number of nitrogens with zero attached hydrogens (tertiary/aromatic N) is 1. The fraction of sp³-hybridized carbons (Fsp3) is 0.696. The van der Waals surface area contributed by atoms with Gasteiger partial charge in [-0.1, -0.05) is 30.7 Å². The molecule has 142 valence electrons. The first-order valence-electron chi connectivity index (χ1n) is 10.7. The Labute approximate surface area is 158 Å². The molecular weight excluding hydrogens is 320 g/mol. The molecule has 3 unspecified atom stereocenters. The average Bonchev–Trinajstić information content (AvgIpc) is 2.61. The predicted molar refractivity (Wildman–Crippen MR) is 106 cm³/mol. The maximum absolute atomic E-state index is 13.3. The fourth-order valence-corrected chi connectivity index (χ4v) is 5.30. The summed E-state index contributed by atoms with van der Waals surface area (Å²) in [6.45, 7) is 6.80. The van der Waals surface area contributed by atoms with Crippen LogP contribution >= 0.6 is 0 Å². The van der Waals surface area contributed by atoms with Crippen molar-refractivity contribution >= 4 is 5.91 Å². The SMILES string of the molecule is CC(NC(=O)C1(C)CCCc2ccccc21)C1CCCN(C2CCC2)C1. The second kappa shape index (κ2) is 7.34. The third-order valence-corrected chi connectivity index (χ3v) is 7.38. The summed E-state index contributed by atoms with van der Waals surface area (Å²) in [6.07, 6.45) is 9.85. The van der Waals surface area contributed by atoms with E-state index < -0.39 is 0 Å². The molecule has 4 rings (SSSR count). The normalized spacial score (nSPS) is 30.9. The quantitative estimate of drug-likeness (QED) is 0.885. The Morgan fingerprint density at radius 2 is 2.00 bits per heavy atom. The Balaban J connectivity index is 1.42. The maximum atomic E-state index is 13.3. The van der Waals surface area contributed by atoms with Crippen molar-refractivity contribution in [3.8, 4) is 0 Å². The Kier molecular flexibility index (Phi) is 5.09. The van der Waals surface area contributed by atoms with E-state index in [9.17, 15) is 4.79 Å². The molecule has 1 N–H and O–H groups in total. The lowest BCUT2D eigenvalue weighted by atomic mass is 9.70. The first-order chi connectivity index (χ1) is 12.6. The van der Waals surface area contributed by atoms with Crippen molar-refractivity contribution in [2.24, 2.45) is 5.92 Å². The predicted octanol–water partition coefficient (Wildman–Crippen LogP) is 4.05. The number of aryl methyl sites for hydroxylation is 1. The highest BCUT2D eigenvalue weighted by molar-refractivity contribution is 5.88. The minimum absolute atomic E-state index is 0.234. The van der Waals surface area contributed by atoms with Gasteiger partial charge >= 0.3 is 0 Å². The van der Waals surface area contributed by atoms with Crippen LogP contribution in [0.25, 0.3) is 0 Å². The third kappa shape index (κ3) is 3.31. The van der Waals surface area contributed by atoms with E-state index in [1.54, 1.807) is 0 Å². The van der Waals surface area contributed by atoms with Gasteiger partial charge in [0, 0.05) is 18.6 Å². The smallest absolute Gasteiger partial charge is 0.230 e. The van der Waals surface area contributed by atoms with Crippen LogP contribution in [0.15, 0.2) is 24.3 Å². The van der Waals surface area contributed by atoms with E-state index in [1.807, 2.05) is 0 Å². The van der Waals surface area contributed by atoms with Crippen molar-refractivity contribution in [2.45, 2.75) is 82.7 Å². The number of carbonyl (C=O) groups is 1. The lowest BCUT2D eigenvalue weighted by Crippen LogP contribution is -2.53. The van der Waals surface area contributed by atoms with Crippen molar-refractivity contribution in [2.75, 3.05) is 13.1 Å². The monoisotopic (exact) mass is 354 g/mol. The number of benzene rings is 1. The van der Waals surface area contributed by atoms with Gasteiger partial charge in [-0.15, -0.1) is 0 Å². The fourth-order valence-electron chi connectivity index (χ4n) is 5.30. The second-order valence-corrected chi connectivity index (χ2v) is 9.09. The van der Waals surface area contributed by atoms with Gasteiger partial charge in [0.2, 0.25) is 5.91 Å². The highest BCUT2D eigenvalue weighted by Crippen LogP contribution is 2.38. The van der Waals surface area contributed by atoms with Gasteiger partial charge in [-0.3, -0.25) is 4.79 Å². The molecule has 3 heteroatoms. The topological polar surface area (TPSA) is 32.3 Å². The van der Waals surface area contributed by atoms with E-state index >= 15 is 0 Å². The summed E-state index contributed by atoms with van der Waals surface area (Å²) in [6, 6.07) is 9.62. The zero-order valence-corrected chi connectivity index (χ0v) is 16.5. The number of amides is 1. The molecule has 1 aliphatic heterocycles. The molecule has 2 fully saturated rings. The van der Waals surface area contributed by atoms with E-state index in [1.165, 1.54) is 56.3 Å². The van der Waals surface area contributed by atoms with Crippen LogP contribution in [0.3, 0.4) is 0 Å². The summed E-state index contributed by atoms with van der Waals surface area (Å²) in [7, 11) is 0. The van der Waals surface area contributed by atoms with Crippen LogP contribution < -0.4 is 5.32 Å². The average molecular weight is 355 g/mol. The van der Waals surface area contributed by atoms with Gasteiger partial charge in [0.1, 0.15) is 0 Å². The van der Waals surface area contributed by atoms with Gasteiger partial charge in [0.05, 0.1) is 5.41 Å². The van der Waals surface area contributed by atoms with Gasteiger partial charge < -0.3 is 10.2 Å². The van der Waals surface area contributed by atoms with Crippen LogP contribution in [0.4, 0.5) is 0 Å². The third-order valence-electron chi connectivity index (χ3n) is 7.38. The minimum Gasteiger partial charge on any atom is -0.353 e. The molecule has 1 saturated carbocycles. The molecule has 0 radical (unpaired) electrons. The van der Waals surface area contributed by atoms with E-state index in [0.717, 1.165) is 25.3 Å². The Morgan fingerprint density at radius 1 is 1.19 bits per heavy atom. The number of rotatable bonds is 4. The van der Waals surface area contributed by atoms with E-state index in [0.29, 0.717) is 5.92 Å². The van der Waals surface area contributed by atoms with E-state index in [-0.39, 0.29) is 17.4 Å². The summed E-state index contributed by atoms with van der Waals surface area (Å²) < 4.78 is 0. The lowest BCUT2D eigenvalue weighted by molar-refractivity contribution is -0.128. The number of piperidine rings is 1. The minimum atomic E-state index is -0.370. The molecule has 1 aromatic carbocycles. The first-order valence-corrected chi connectivity index (χ1v) is 10.7. The number of hydrogen-bond donors (Lipinski definition) is 1.